The maximum atomic E-state index is 12.1. The van der Waals surface area contributed by atoms with E-state index in [1.54, 1.807) is 6.92 Å². The standard InChI is InChI=1S/C12H17ClN2O4S/c1-8(7-19-3)15-12(16)10-6-9(4-5-11(10)13)20(17,18)14-2/h4-6,8,14H,7H2,1-3H3,(H,15,16). The van der Waals surface area contributed by atoms with Crippen molar-refractivity contribution in [1.29, 1.82) is 0 Å². The molecule has 0 aliphatic heterocycles. The molecule has 6 nitrogen and oxygen atoms in total. The minimum Gasteiger partial charge on any atom is -0.383 e. The summed E-state index contributed by atoms with van der Waals surface area (Å²) in [4.78, 5) is 12.0. The Morgan fingerprint density at radius 1 is 1.45 bits per heavy atom. The van der Waals surface area contributed by atoms with Gasteiger partial charge in [-0.3, -0.25) is 4.79 Å². The molecule has 1 rings (SSSR count). The van der Waals surface area contributed by atoms with E-state index < -0.39 is 15.9 Å². The van der Waals surface area contributed by atoms with E-state index in [1.807, 2.05) is 0 Å². The van der Waals surface area contributed by atoms with Crippen molar-refractivity contribution in [1.82, 2.24) is 10.0 Å². The lowest BCUT2D eigenvalue weighted by atomic mass is 10.2. The predicted octanol–water partition coefficient (Wildman–Crippen LogP) is 1.01. The fraction of sp³-hybridized carbons (Fsp3) is 0.417. The molecule has 0 bridgehead atoms. The van der Waals surface area contributed by atoms with E-state index in [1.165, 1.54) is 32.4 Å². The molecule has 0 saturated carbocycles. The van der Waals surface area contributed by atoms with Gasteiger partial charge in [-0.2, -0.15) is 0 Å². The van der Waals surface area contributed by atoms with E-state index in [4.69, 9.17) is 16.3 Å². The summed E-state index contributed by atoms with van der Waals surface area (Å²) in [5.74, 6) is -0.451. The van der Waals surface area contributed by atoms with E-state index >= 15 is 0 Å². The van der Waals surface area contributed by atoms with E-state index in [2.05, 4.69) is 10.0 Å². The van der Waals surface area contributed by atoms with E-state index in [0.717, 1.165) is 0 Å². The molecule has 1 aromatic carbocycles. The number of sulfonamides is 1. The lowest BCUT2D eigenvalue weighted by Crippen LogP contribution is -2.35. The number of hydrogen-bond acceptors (Lipinski definition) is 4. The highest BCUT2D eigenvalue weighted by molar-refractivity contribution is 7.89. The predicted molar refractivity (Wildman–Crippen MR) is 76.5 cm³/mol. The van der Waals surface area contributed by atoms with Crippen LogP contribution in [0.4, 0.5) is 0 Å². The Kier molecular flexibility index (Phi) is 5.94. The summed E-state index contributed by atoms with van der Waals surface area (Å²) in [6.45, 7) is 2.11. The van der Waals surface area contributed by atoms with Crippen LogP contribution < -0.4 is 10.0 Å². The van der Waals surface area contributed by atoms with Crippen molar-refractivity contribution in [3.63, 3.8) is 0 Å². The molecule has 1 atom stereocenters. The second kappa shape index (κ2) is 7.03. The number of amides is 1. The monoisotopic (exact) mass is 320 g/mol. The highest BCUT2D eigenvalue weighted by atomic mass is 35.5. The first-order valence-electron chi connectivity index (χ1n) is 5.84. The quantitative estimate of drug-likeness (QED) is 0.819. The van der Waals surface area contributed by atoms with Crippen molar-refractivity contribution >= 4 is 27.5 Å². The lowest BCUT2D eigenvalue weighted by Gasteiger charge is -2.14. The number of carbonyl (C=O) groups excluding carboxylic acids is 1. The molecule has 112 valence electrons. The molecule has 0 fully saturated rings. The molecule has 0 aliphatic rings. The summed E-state index contributed by atoms with van der Waals surface area (Å²) in [6, 6.07) is 3.74. The van der Waals surface area contributed by atoms with Gasteiger partial charge in [-0.25, -0.2) is 13.1 Å². The largest absolute Gasteiger partial charge is 0.383 e. The first-order valence-corrected chi connectivity index (χ1v) is 7.71. The highest BCUT2D eigenvalue weighted by Crippen LogP contribution is 2.20. The molecule has 1 aromatic rings. The van der Waals surface area contributed by atoms with Crippen LogP contribution in [0.25, 0.3) is 0 Å². The molecular formula is C12H17ClN2O4S. The zero-order valence-corrected chi connectivity index (χ0v) is 13.0. The third-order valence-corrected chi connectivity index (χ3v) is 4.30. The second-order valence-electron chi connectivity index (χ2n) is 4.18. The Morgan fingerprint density at radius 3 is 2.65 bits per heavy atom. The summed E-state index contributed by atoms with van der Waals surface area (Å²) in [5, 5.41) is 2.85. The number of ether oxygens (including phenoxy) is 1. The van der Waals surface area contributed by atoms with Crippen LogP contribution in [-0.2, 0) is 14.8 Å². The Balaban J connectivity index is 3.06. The van der Waals surface area contributed by atoms with Crippen LogP contribution in [0, 0.1) is 0 Å². The van der Waals surface area contributed by atoms with Gasteiger partial charge in [-0.15, -0.1) is 0 Å². The normalized spacial score (nSPS) is 13.0. The van der Waals surface area contributed by atoms with Gasteiger partial charge in [0.1, 0.15) is 0 Å². The van der Waals surface area contributed by atoms with Crippen molar-refractivity contribution in [2.75, 3.05) is 20.8 Å². The summed E-state index contributed by atoms with van der Waals surface area (Å²) >= 11 is 5.94. The van der Waals surface area contributed by atoms with Gasteiger partial charge in [-0.1, -0.05) is 11.6 Å². The van der Waals surface area contributed by atoms with Gasteiger partial charge in [0.25, 0.3) is 5.91 Å². The third-order valence-electron chi connectivity index (χ3n) is 2.56. The maximum Gasteiger partial charge on any atom is 0.253 e. The Hall–Kier alpha value is -1.15. The minimum absolute atomic E-state index is 0.0195. The third kappa shape index (κ3) is 4.17. The molecule has 0 radical (unpaired) electrons. The number of nitrogens with one attached hydrogen (secondary N) is 2. The first-order chi connectivity index (χ1) is 9.31. The molecule has 1 amide bonds. The number of hydrogen-bond donors (Lipinski definition) is 2. The van der Waals surface area contributed by atoms with Crippen molar-refractivity contribution in [3.05, 3.63) is 28.8 Å². The zero-order chi connectivity index (χ0) is 15.3. The maximum absolute atomic E-state index is 12.1. The Bertz CT molecular complexity index is 589. The van der Waals surface area contributed by atoms with E-state index in [9.17, 15) is 13.2 Å². The summed E-state index contributed by atoms with van der Waals surface area (Å²) in [7, 11) is -0.803. The van der Waals surface area contributed by atoms with Crippen molar-refractivity contribution in [2.24, 2.45) is 0 Å². The van der Waals surface area contributed by atoms with Crippen LogP contribution in [0.3, 0.4) is 0 Å². The fourth-order valence-electron chi connectivity index (χ4n) is 1.56. The fourth-order valence-corrected chi connectivity index (χ4v) is 2.52. The number of benzene rings is 1. The van der Waals surface area contributed by atoms with E-state index in [0.29, 0.717) is 6.61 Å². The smallest absolute Gasteiger partial charge is 0.253 e. The topological polar surface area (TPSA) is 84.5 Å². The molecule has 0 aromatic heterocycles. The second-order valence-corrected chi connectivity index (χ2v) is 6.47. The molecule has 20 heavy (non-hydrogen) atoms. The highest BCUT2D eigenvalue weighted by Gasteiger charge is 2.18. The summed E-state index contributed by atoms with van der Waals surface area (Å²) in [6.07, 6.45) is 0. The van der Waals surface area contributed by atoms with Gasteiger partial charge in [0, 0.05) is 13.2 Å². The van der Waals surface area contributed by atoms with Crippen LogP contribution >= 0.6 is 11.6 Å². The van der Waals surface area contributed by atoms with Crippen molar-refractivity contribution in [2.45, 2.75) is 17.9 Å². The molecule has 0 aliphatic carbocycles. The molecule has 8 heteroatoms. The molecule has 1 unspecified atom stereocenters. The Labute approximate surface area is 123 Å². The van der Waals surface area contributed by atoms with Gasteiger partial charge in [0.05, 0.1) is 22.1 Å². The summed E-state index contributed by atoms with van der Waals surface area (Å²) in [5.41, 5.74) is 0.103. The molecular weight excluding hydrogens is 304 g/mol. The average Bonchev–Trinajstić information content (AvgIpc) is 2.39. The van der Waals surface area contributed by atoms with Crippen molar-refractivity contribution < 1.29 is 17.9 Å². The lowest BCUT2D eigenvalue weighted by molar-refractivity contribution is 0.0905. The first kappa shape index (κ1) is 16.9. The van der Waals surface area contributed by atoms with Crippen LogP contribution in [-0.4, -0.2) is 41.1 Å². The van der Waals surface area contributed by atoms with Gasteiger partial charge in [0.15, 0.2) is 0 Å². The van der Waals surface area contributed by atoms with Crippen LogP contribution in [0.5, 0.6) is 0 Å². The zero-order valence-electron chi connectivity index (χ0n) is 11.4. The number of halogens is 1. The van der Waals surface area contributed by atoms with Crippen LogP contribution in [0.2, 0.25) is 5.02 Å². The minimum atomic E-state index is -3.62. The van der Waals surface area contributed by atoms with Crippen LogP contribution in [0.15, 0.2) is 23.1 Å². The van der Waals surface area contributed by atoms with Crippen molar-refractivity contribution in [3.8, 4) is 0 Å². The molecule has 0 spiro atoms. The molecule has 2 N–H and O–H groups in total. The number of methoxy groups -OCH3 is 1. The number of carbonyl (C=O) groups is 1. The van der Waals surface area contributed by atoms with Gasteiger partial charge >= 0.3 is 0 Å². The van der Waals surface area contributed by atoms with Gasteiger partial charge < -0.3 is 10.1 Å². The average molecular weight is 321 g/mol. The Morgan fingerprint density at radius 2 is 2.10 bits per heavy atom. The van der Waals surface area contributed by atoms with E-state index in [-0.39, 0.29) is 21.5 Å². The van der Waals surface area contributed by atoms with Gasteiger partial charge in [0.2, 0.25) is 10.0 Å². The summed E-state index contributed by atoms with van der Waals surface area (Å²) < 4.78 is 30.5. The van der Waals surface area contributed by atoms with Crippen LogP contribution in [0.1, 0.15) is 17.3 Å². The molecule has 0 saturated heterocycles. The number of rotatable bonds is 6. The molecule has 0 heterocycles. The van der Waals surface area contributed by atoms with Gasteiger partial charge in [-0.05, 0) is 32.2 Å². The SMILES string of the molecule is CNS(=O)(=O)c1ccc(Cl)c(C(=O)NC(C)COC)c1.